The monoisotopic (exact) mass is 400 g/mol. The van der Waals surface area contributed by atoms with Crippen molar-refractivity contribution in [1.29, 1.82) is 0 Å². The van der Waals surface area contributed by atoms with Gasteiger partial charge in [0.2, 0.25) is 0 Å². The van der Waals surface area contributed by atoms with Gasteiger partial charge in [0.1, 0.15) is 5.75 Å². The lowest BCUT2D eigenvalue weighted by Crippen LogP contribution is -2.16. The van der Waals surface area contributed by atoms with E-state index in [-0.39, 0.29) is 5.91 Å². The first kappa shape index (κ1) is 16.5. The highest BCUT2D eigenvalue weighted by Gasteiger charge is 2.11. The number of rotatable bonds is 3. The highest BCUT2D eigenvalue weighted by Crippen LogP contribution is 2.23. The molecule has 0 aliphatic rings. The van der Waals surface area contributed by atoms with Gasteiger partial charge in [-0.05, 0) is 46.3 Å². The number of aromatic nitrogens is 1. The summed E-state index contributed by atoms with van der Waals surface area (Å²) in [6.45, 7) is 0.342. The molecule has 3 aromatic rings. The van der Waals surface area contributed by atoms with Crippen LogP contribution >= 0.6 is 27.3 Å². The maximum atomic E-state index is 12.5. The first-order valence-electron chi connectivity index (χ1n) is 7.08. The Morgan fingerprint density at radius 3 is 2.88 bits per heavy atom. The topological polar surface area (TPSA) is 43.6 Å². The minimum atomic E-state index is -0.313. The second-order valence-corrected chi connectivity index (χ2v) is 6.77. The predicted molar refractivity (Wildman–Crippen MR) is 99.2 cm³/mol. The van der Waals surface area contributed by atoms with E-state index < -0.39 is 0 Å². The maximum absolute atomic E-state index is 12.5. The Morgan fingerprint density at radius 2 is 2.17 bits per heavy atom. The van der Waals surface area contributed by atoms with Crippen molar-refractivity contribution in [3.05, 3.63) is 57.3 Å². The number of hydrogen-bond donors (Lipinski definition) is 0. The van der Waals surface area contributed by atoms with Gasteiger partial charge in [0.05, 0.1) is 29.4 Å². The van der Waals surface area contributed by atoms with Gasteiger partial charge < -0.3 is 9.30 Å². The number of carbonyl (C=O) groups excluding carboxylic acids is 1. The molecular weight excluding hydrogens is 388 g/mol. The van der Waals surface area contributed by atoms with E-state index in [1.165, 1.54) is 11.3 Å². The van der Waals surface area contributed by atoms with Crippen molar-refractivity contribution in [2.75, 3.05) is 7.11 Å². The summed E-state index contributed by atoms with van der Waals surface area (Å²) >= 11 is 4.79. The standard InChI is InChI=1S/C18H13BrN2O2S/c1-3-10-21-15-9-8-12(23-2)11-16(15)24-18(21)20-17(22)13-6-4-5-7-14(13)19/h1,4-9,11H,10H2,2H3. The Bertz CT molecular complexity index is 1030. The lowest BCUT2D eigenvalue weighted by Gasteiger charge is -2.02. The molecule has 0 aliphatic carbocycles. The molecule has 24 heavy (non-hydrogen) atoms. The van der Waals surface area contributed by atoms with Crippen LogP contribution in [0.5, 0.6) is 5.75 Å². The summed E-state index contributed by atoms with van der Waals surface area (Å²) in [5, 5.41) is 0. The number of thiazole rings is 1. The van der Waals surface area contributed by atoms with Crippen LogP contribution in [0.3, 0.4) is 0 Å². The molecule has 0 atom stereocenters. The third-order valence-electron chi connectivity index (χ3n) is 3.44. The number of terminal acetylenes is 1. The Balaban J connectivity index is 2.17. The number of nitrogens with zero attached hydrogens (tertiary/aromatic N) is 2. The van der Waals surface area contributed by atoms with Crippen molar-refractivity contribution in [2.24, 2.45) is 4.99 Å². The molecule has 0 saturated carbocycles. The van der Waals surface area contributed by atoms with Crippen LogP contribution in [0.15, 0.2) is 51.9 Å². The fourth-order valence-corrected chi connectivity index (χ4v) is 3.80. The first-order valence-corrected chi connectivity index (χ1v) is 8.69. The first-order chi connectivity index (χ1) is 11.6. The Morgan fingerprint density at radius 1 is 1.38 bits per heavy atom. The number of methoxy groups -OCH3 is 1. The number of halogens is 1. The second-order valence-electron chi connectivity index (χ2n) is 4.91. The molecule has 1 amide bonds. The number of carbonyl (C=O) groups is 1. The molecule has 0 fully saturated rings. The number of hydrogen-bond acceptors (Lipinski definition) is 3. The zero-order valence-electron chi connectivity index (χ0n) is 12.8. The predicted octanol–water partition coefficient (Wildman–Crippen LogP) is 3.85. The summed E-state index contributed by atoms with van der Waals surface area (Å²) in [5.74, 6) is 3.05. The van der Waals surface area contributed by atoms with E-state index in [1.54, 1.807) is 19.2 Å². The van der Waals surface area contributed by atoms with E-state index in [4.69, 9.17) is 11.2 Å². The third kappa shape index (κ3) is 3.14. The number of benzene rings is 2. The SMILES string of the molecule is C#CCn1c(=NC(=O)c2ccccc2Br)sc2cc(OC)ccc21. The molecule has 0 spiro atoms. The van der Waals surface area contributed by atoms with Crippen LogP contribution in [0.25, 0.3) is 10.2 Å². The van der Waals surface area contributed by atoms with Gasteiger partial charge in [-0.15, -0.1) is 6.42 Å². The number of amides is 1. The molecule has 0 unspecified atom stereocenters. The summed E-state index contributed by atoms with van der Waals surface area (Å²) in [4.78, 5) is 17.4. The van der Waals surface area contributed by atoms with Crippen LogP contribution in [-0.2, 0) is 6.54 Å². The minimum absolute atomic E-state index is 0.313. The quantitative estimate of drug-likeness (QED) is 0.626. The van der Waals surface area contributed by atoms with Crippen molar-refractivity contribution in [3.8, 4) is 18.1 Å². The van der Waals surface area contributed by atoms with Gasteiger partial charge in [0, 0.05) is 4.47 Å². The van der Waals surface area contributed by atoms with Crippen LogP contribution in [0.4, 0.5) is 0 Å². The Labute approximate surface area is 151 Å². The highest BCUT2D eigenvalue weighted by atomic mass is 79.9. The highest BCUT2D eigenvalue weighted by molar-refractivity contribution is 9.10. The Kier molecular flexibility index (Phi) is 4.84. The molecule has 1 aromatic heterocycles. The van der Waals surface area contributed by atoms with Crippen LogP contribution in [-0.4, -0.2) is 17.6 Å². The van der Waals surface area contributed by atoms with E-state index in [1.807, 2.05) is 34.9 Å². The van der Waals surface area contributed by atoms with E-state index in [0.29, 0.717) is 21.4 Å². The van der Waals surface area contributed by atoms with Gasteiger partial charge >= 0.3 is 0 Å². The van der Waals surface area contributed by atoms with Crippen molar-refractivity contribution >= 4 is 43.4 Å². The van der Waals surface area contributed by atoms with Gasteiger partial charge in [-0.25, -0.2) is 0 Å². The average Bonchev–Trinajstić information content (AvgIpc) is 2.92. The summed E-state index contributed by atoms with van der Waals surface area (Å²) in [5.41, 5.74) is 1.44. The molecule has 0 aliphatic heterocycles. The van der Waals surface area contributed by atoms with Crippen molar-refractivity contribution in [3.63, 3.8) is 0 Å². The van der Waals surface area contributed by atoms with Gasteiger partial charge in [0.15, 0.2) is 4.80 Å². The van der Waals surface area contributed by atoms with Gasteiger partial charge in [-0.1, -0.05) is 29.4 Å². The van der Waals surface area contributed by atoms with Crippen molar-refractivity contribution < 1.29 is 9.53 Å². The molecule has 0 radical (unpaired) electrons. The minimum Gasteiger partial charge on any atom is -0.497 e. The normalized spacial score (nSPS) is 11.5. The molecule has 1 heterocycles. The van der Waals surface area contributed by atoms with Crippen LogP contribution in [0.1, 0.15) is 10.4 Å². The molecule has 4 nitrogen and oxygen atoms in total. The molecule has 6 heteroatoms. The molecule has 0 saturated heterocycles. The number of ether oxygens (including phenoxy) is 1. The van der Waals surface area contributed by atoms with Crippen molar-refractivity contribution in [1.82, 2.24) is 4.57 Å². The summed E-state index contributed by atoms with van der Waals surface area (Å²) in [6, 6.07) is 12.9. The van der Waals surface area contributed by atoms with Gasteiger partial charge in [-0.2, -0.15) is 4.99 Å². The van der Waals surface area contributed by atoms with E-state index in [0.717, 1.165) is 16.0 Å². The maximum Gasteiger partial charge on any atom is 0.280 e. The van der Waals surface area contributed by atoms with Gasteiger partial charge in [0.25, 0.3) is 5.91 Å². The van der Waals surface area contributed by atoms with Crippen LogP contribution in [0.2, 0.25) is 0 Å². The fourth-order valence-electron chi connectivity index (χ4n) is 2.29. The Hall–Kier alpha value is -2.36. The van der Waals surface area contributed by atoms with Gasteiger partial charge in [-0.3, -0.25) is 4.79 Å². The average molecular weight is 401 g/mol. The smallest absolute Gasteiger partial charge is 0.280 e. The lowest BCUT2D eigenvalue weighted by molar-refractivity contribution is 0.0997. The number of fused-ring (bicyclic) bond motifs is 1. The fraction of sp³-hybridized carbons (Fsp3) is 0.111. The van der Waals surface area contributed by atoms with Crippen molar-refractivity contribution in [2.45, 2.75) is 6.54 Å². The van der Waals surface area contributed by atoms with E-state index >= 15 is 0 Å². The molecule has 3 rings (SSSR count). The van der Waals surface area contributed by atoms with Crippen LogP contribution < -0.4 is 9.54 Å². The second kappa shape index (κ2) is 7.04. The third-order valence-corrected chi connectivity index (χ3v) is 5.17. The molecule has 120 valence electrons. The van der Waals surface area contributed by atoms with E-state index in [9.17, 15) is 4.79 Å². The zero-order valence-corrected chi connectivity index (χ0v) is 15.2. The van der Waals surface area contributed by atoms with E-state index in [2.05, 4.69) is 26.8 Å². The summed E-state index contributed by atoms with van der Waals surface area (Å²) in [7, 11) is 1.62. The zero-order chi connectivity index (χ0) is 17.1. The molecule has 2 aromatic carbocycles. The summed E-state index contributed by atoms with van der Waals surface area (Å²) < 4.78 is 8.78. The largest absolute Gasteiger partial charge is 0.497 e. The molecule has 0 bridgehead atoms. The molecular formula is C18H13BrN2O2S. The lowest BCUT2D eigenvalue weighted by atomic mass is 10.2. The summed E-state index contributed by atoms with van der Waals surface area (Å²) in [6.07, 6.45) is 5.48. The van der Waals surface area contributed by atoms with Crippen LogP contribution in [0, 0.1) is 12.3 Å². The molecule has 0 N–H and O–H groups in total.